The summed E-state index contributed by atoms with van der Waals surface area (Å²) in [5, 5.41) is 7.89. The van der Waals surface area contributed by atoms with E-state index >= 15 is 0 Å². The molecule has 12 rings (SSSR count). The number of thiophene rings is 1. The molecule has 2 nitrogen and oxygen atoms in total. The molecule has 320 valence electrons. The molecule has 0 bridgehead atoms. The van der Waals surface area contributed by atoms with E-state index in [0.29, 0.717) is 0 Å². The van der Waals surface area contributed by atoms with Crippen LogP contribution in [0.4, 0.5) is 34.1 Å². The topological polar surface area (TPSA) is 6.48 Å². The van der Waals surface area contributed by atoms with Gasteiger partial charge in [-0.2, -0.15) is 0 Å². The summed E-state index contributed by atoms with van der Waals surface area (Å²) in [7, 11) is -2.98. The summed E-state index contributed by atoms with van der Waals surface area (Å²) in [5.41, 5.74) is 12.1. The summed E-state index contributed by atoms with van der Waals surface area (Å²) in [4.78, 5) is 4.85. The number of para-hydroxylation sites is 2. The molecule has 0 aliphatic heterocycles. The lowest BCUT2D eigenvalue weighted by Gasteiger charge is -2.36. The number of fused-ring (bicyclic) bond motifs is 6. The molecule has 0 N–H and O–H groups in total. The van der Waals surface area contributed by atoms with Crippen molar-refractivity contribution in [3.8, 4) is 11.1 Å². The van der Waals surface area contributed by atoms with Gasteiger partial charge in [0, 0.05) is 59.7 Å². The second-order valence-electron chi connectivity index (χ2n) is 18.1. The van der Waals surface area contributed by atoms with E-state index in [1.54, 1.807) is 0 Å². The van der Waals surface area contributed by atoms with Crippen LogP contribution < -0.4 is 30.5 Å². The zero-order chi connectivity index (χ0) is 45.0. The predicted octanol–water partition coefficient (Wildman–Crippen LogP) is 14.7. The molecule has 10 aromatic carbocycles. The van der Waals surface area contributed by atoms with Crippen molar-refractivity contribution in [2.75, 3.05) is 9.80 Å². The first-order valence-corrected chi connectivity index (χ1v) is 26.0. The number of hydrogen-bond acceptors (Lipinski definition) is 3. The fourth-order valence-corrected chi connectivity index (χ4v) is 16.7. The van der Waals surface area contributed by atoms with Gasteiger partial charge in [0.1, 0.15) is 0 Å². The lowest BCUT2D eigenvalue weighted by molar-refractivity contribution is 0.660. The van der Waals surface area contributed by atoms with E-state index in [2.05, 4.69) is 278 Å². The molecule has 0 unspecified atom stereocenters. The molecule has 0 amide bonds. The van der Waals surface area contributed by atoms with Crippen LogP contribution in [0.3, 0.4) is 0 Å². The summed E-state index contributed by atoms with van der Waals surface area (Å²) in [6.07, 6.45) is 0. The predicted molar refractivity (Wildman–Crippen MR) is 290 cm³/mol. The van der Waals surface area contributed by atoms with Gasteiger partial charge in [0.25, 0.3) is 0 Å². The number of rotatable bonds is 10. The summed E-state index contributed by atoms with van der Waals surface area (Å²) < 4.78 is 2.61. The van der Waals surface area contributed by atoms with Crippen molar-refractivity contribution in [2.45, 2.75) is 19.3 Å². The Balaban J connectivity index is 1.04. The quantitative estimate of drug-likeness (QED) is 0.0997. The fourth-order valence-electron chi connectivity index (χ4n) is 10.9. The smallest absolute Gasteiger partial charge is 0.179 e. The van der Waals surface area contributed by atoms with Crippen molar-refractivity contribution in [2.24, 2.45) is 0 Å². The molecule has 0 radical (unpaired) electrons. The van der Waals surface area contributed by atoms with Gasteiger partial charge in [0.15, 0.2) is 8.07 Å². The highest BCUT2D eigenvalue weighted by atomic mass is 32.1. The zero-order valence-electron chi connectivity index (χ0n) is 37.6. The molecular weight excluding hydrogens is 845 g/mol. The summed E-state index contributed by atoms with van der Waals surface area (Å²) in [5.74, 6) is 0. The Morgan fingerprint density at radius 3 is 1.45 bits per heavy atom. The standard InChI is InChI=1S/C63H48N2SSi/c1-63(2)59-32-17-15-30-55(59)57-43-49(36-40-60(57)63)64(45-20-7-3-8-21-45)47-34-38-53(39-35-47)67(51-25-11-5-12-26-51,52-27-13-6-14-28-52)54-29-19-24-48(42-54)65(46-22-9-4-10-23-46)50-37-41-62-58(44-50)56-31-16-18-33-61(56)66-62/h3-44H,1-2H3. The van der Waals surface area contributed by atoms with Gasteiger partial charge in [-0.3, -0.25) is 0 Å². The molecule has 1 aliphatic rings. The number of benzene rings is 10. The Morgan fingerprint density at radius 1 is 0.313 bits per heavy atom. The Labute approximate surface area is 398 Å². The van der Waals surface area contributed by atoms with Crippen molar-refractivity contribution < 1.29 is 0 Å². The lowest BCUT2D eigenvalue weighted by Crippen LogP contribution is -2.74. The van der Waals surface area contributed by atoms with Crippen molar-refractivity contribution in [1.82, 2.24) is 0 Å². The molecule has 0 fully saturated rings. The van der Waals surface area contributed by atoms with Crippen LogP contribution in [0.2, 0.25) is 0 Å². The first-order chi connectivity index (χ1) is 33.0. The minimum Gasteiger partial charge on any atom is -0.310 e. The van der Waals surface area contributed by atoms with E-state index < -0.39 is 8.07 Å². The van der Waals surface area contributed by atoms with Crippen molar-refractivity contribution >= 4 is 94.5 Å². The summed E-state index contributed by atoms with van der Waals surface area (Å²) >= 11 is 1.86. The molecule has 0 atom stereocenters. The van der Waals surface area contributed by atoms with Gasteiger partial charge in [-0.05, 0) is 128 Å². The van der Waals surface area contributed by atoms with E-state index in [-0.39, 0.29) is 5.41 Å². The Bertz CT molecular complexity index is 3510. The van der Waals surface area contributed by atoms with E-state index in [4.69, 9.17) is 0 Å². The minimum atomic E-state index is -2.98. The third kappa shape index (κ3) is 6.83. The minimum absolute atomic E-state index is 0.0611. The van der Waals surface area contributed by atoms with Crippen LogP contribution in [0.25, 0.3) is 31.3 Å². The van der Waals surface area contributed by atoms with Crippen LogP contribution in [-0.4, -0.2) is 8.07 Å². The van der Waals surface area contributed by atoms with E-state index in [1.165, 1.54) is 63.2 Å². The number of anilines is 6. The molecule has 11 aromatic rings. The van der Waals surface area contributed by atoms with Gasteiger partial charge in [-0.25, -0.2) is 0 Å². The first-order valence-electron chi connectivity index (χ1n) is 23.2. The molecule has 0 spiro atoms. The van der Waals surface area contributed by atoms with Crippen molar-refractivity contribution in [1.29, 1.82) is 0 Å². The SMILES string of the molecule is CC1(C)c2ccccc2-c2cc(N(c3ccccc3)c3ccc([Si](c4ccccc4)(c4ccccc4)c4cccc(N(c5ccccc5)c5ccc6sc7ccccc7c6c5)c4)cc3)ccc21. The van der Waals surface area contributed by atoms with Gasteiger partial charge in [-0.1, -0.05) is 184 Å². The summed E-state index contributed by atoms with van der Waals surface area (Å²) in [6.45, 7) is 4.70. The van der Waals surface area contributed by atoms with Crippen LogP contribution in [0.1, 0.15) is 25.0 Å². The van der Waals surface area contributed by atoms with Crippen LogP contribution in [0.15, 0.2) is 255 Å². The molecule has 1 aliphatic carbocycles. The van der Waals surface area contributed by atoms with Crippen LogP contribution in [-0.2, 0) is 5.41 Å². The third-order valence-electron chi connectivity index (χ3n) is 14.0. The fraction of sp³-hybridized carbons (Fsp3) is 0.0476. The molecule has 1 aromatic heterocycles. The highest BCUT2D eigenvalue weighted by Gasteiger charge is 2.42. The highest BCUT2D eigenvalue weighted by Crippen LogP contribution is 2.50. The molecule has 0 saturated heterocycles. The van der Waals surface area contributed by atoms with Crippen LogP contribution in [0, 0.1) is 0 Å². The average Bonchev–Trinajstić information content (AvgIpc) is 3.87. The van der Waals surface area contributed by atoms with Crippen LogP contribution in [0.5, 0.6) is 0 Å². The summed E-state index contributed by atoms with van der Waals surface area (Å²) in [6, 6.07) is 94.8. The maximum atomic E-state index is 2.48. The van der Waals surface area contributed by atoms with E-state index in [9.17, 15) is 0 Å². The van der Waals surface area contributed by atoms with Gasteiger partial charge in [0.05, 0.1) is 0 Å². The number of hydrogen-bond donors (Lipinski definition) is 0. The largest absolute Gasteiger partial charge is 0.310 e. The van der Waals surface area contributed by atoms with Crippen LogP contribution >= 0.6 is 11.3 Å². The normalized spacial score (nSPS) is 12.7. The van der Waals surface area contributed by atoms with Gasteiger partial charge in [-0.15, -0.1) is 11.3 Å². The first kappa shape index (κ1) is 40.7. The van der Waals surface area contributed by atoms with Gasteiger partial charge in [0.2, 0.25) is 0 Å². The monoisotopic (exact) mass is 892 g/mol. The highest BCUT2D eigenvalue weighted by molar-refractivity contribution is 7.25. The third-order valence-corrected chi connectivity index (χ3v) is 19.9. The zero-order valence-corrected chi connectivity index (χ0v) is 39.4. The molecular formula is C63H48N2SSi. The maximum absolute atomic E-state index is 2.98. The lowest BCUT2D eigenvalue weighted by atomic mass is 9.82. The molecule has 4 heteroatoms. The van der Waals surface area contributed by atoms with Crippen molar-refractivity contribution in [3.05, 3.63) is 266 Å². The van der Waals surface area contributed by atoms with E-state index in [1.807, 2.05) is 11.3 Å². The second kappa shape index (κ2) is 16.6. The van der Waals surface area contributed by atoms with Gasteiger partial charge < -0.3 is 9.80 Å². The number of nitrogens with zero attached hydrogens (tertiary/aromatic N) is 2. The average molecular weight is 893 g/mol. The van der Waals surface area contributed by atoms with Gasteiger partial charge >= 0.3 is 0 Å². The second-order valence-corrected chi connectivity index (χ2v) is 23.0. The Morgan fingerprint density at radius 2 is 0.761 bits per heavy atom. The van der Waals surface area contributed by atoms with Crippen molar-refractivity contribution in [3.63, 3.8) is 0 Å². The molecule has 1 heterocycles. The maximum Gasteiger partial charge on any atom is 0.179 e. The molecule has 0 saturated carbocycles. The molecule has 67 heavy (non-hydrogen) atoms. The Hall–Kier alpha value is -7.76. The van der Waals surface area contributed by atoms with E-state index in [0.717, 1.165) is 34.1 Å². The Kier molecular flexibility index (Phi) is 10.1.